The number of aryl methyl sites for hydroxylation is 1. The summed E-state index contributed by atoms with van der Waals surface area (Å²) in [6, 6.07) is 3.58. The lowest BCUT2D eigenvalue weighted by atomic mass is 9.97. The molecule has 1 saturated carbocycles. The minimum Gasteiger partial charge on any atom is -0.474 e. The third-order valence-electron chi connectivity index (χ3n) is 7.14. The molecule has 2 aromatic heterocycles. The minimum atomic E-state index is -4.66. The molecule has 1 fully saturated rings. The summed E-state index contributed by atoms with van der Waals surface area (Å²) in [6.45, 7) is 0.0923. The number of benzene rings is 1. The van der Waals surface area contributed by atoms with Gasteiger partial charge in [-0.15, -0.1) is 0 Å². The van der Waals surface area contributed by atoms with E-state index in [1.54, 1.807) is 13.2 Å². The predicted octanol–water partition coefficient (Wildman–Crippen LogP) is 4.82. The van der Waals surface area contributed by atoms with Crippen molar-refractivity contribution in [3.8, 4) is 5.88 Å². The van der Waals surface area contributed by atoms with Gasteiger partial charge in [0.25, 0.3) is 5.91 Å². The van der Waals surface area contributed by atoms with Crippen LogP contribution in [0.4, 0.5) is 34.6 Å². The summed E-state index contributed by atoms with van der Waals surface area (Å²) in [6.07, 6.45) is 3.60. The third-order valence-corrected chi connectivity index (χ3v) is 7.14. The Bertz CT molecular complexity index is 1400. The molecule has 3 heterocycles. The van der Waals surface area contributed by atoms with Crippen LogP contribution in [-0.4, -0.2) is 45.8 Å². The fourth-order valence-corrected chi connectivity index (χ4v) is 5.13. The highest BCUT2D eigenvalue weighted by molar-refractivity contribution is 6.01. The van der Waals surface area contributed by atoms with Crippen molar-refractivity contribution in [3.63, 3.8) is 0 Å². The molecule has 1 aliphatic heterocycles. The zero-order valence-electron chi connectivity index (χ0n) is 21.7. The third kappa shape index (κ3) is 6.02. The van der Waals surface area contributed by atoms with Gasteiger partial charge >= 0.3 is 6.18 Å². The van der Waals surface area contributed by atoms with Crippen molar-refractivity contribution in [1.29, 1.82) is 0 Å². The molecule has 0 unspecified atom stereocenters. The monoisotopic (exact) mass is 560 g/mol. The Morgan fingerprint density at radius 1 is 1.15 bits per heavy atom. The number of carbonyl (C=O) groups is 2. The molecule has 13 heteroatoms. The Labute approximate surface area is 227 Å². The Morgan fingerprint density at radius 2 is 1.93 bits per heavy atom. The van der Waals surface area contributed by atoms with Crippen LogP contribution in [0.3, 0.4) is 0 Å². The summed E-state index contributed by atoms with van der Waals surface area (Å²) in [5.41, 5.74) is -0.640. The van der Waals surface area contributed by atoms with Crippen molar-refractivity contribution in [2.24, 2.45) is 13.0 Å². The number of aromatic nitrogens is 3. The van der Waals surface area contributed by atoms with Gasteiger partial charge in [-0.25, -0.2) is 9.37 Å². The standard InChI is InChI=1S/C27H28F4N6O3/c1-36-15-19(14-33-36)34-25(39)21(10-16-4-2-3-5-16)35-24(38)17-6-7-20(28)22(11-17)37-8-9-40-26-23(37)12-18(13-32-26)27(29,30)31/h6-7,11-16,21H,2-5,8-10H2,1H3,(H,34,39)(H,35,38)/t21-/m0/s1. The molecule has 1 atom stereocenters. The summed E-state index contributed by atoms with van der Waals surface area (Å²) in [5, 5.41) is 9.59. The zero-order chi connectivity index (χ0) is 28.4. The molecule has 40 heavy (non-hydrogen) atoms. The normalized spacial score (nSPS) is 16.3. The lowest BCUT2D eigenvalue weighted by Gasteiger charge is -2.31. The highest BCUT2D eigenvalue weighted by Crippen LogP contribution is 2.40. The molecule has 9 nitrogen and oxygen atoms in total. The maximum atomic E-state index is 15.0. The highest BCUT2D eigenvalue weighted by Gasteiger charge is 2.34. The summed E-state index contributed by atoms with van der Waals surface area (Å²) in [5.74, 6) is -1.55. The van der Waals surface area contributed by atoms with Crippen LogP contribution in [0.2, 0.25) is 0 Å². The molecule has 1 aromatic carbocycles. The number of amides is 2. The molecule has 0 saturated heterocycles. The lowest BCUT2D eigenvalue weighted by Crippen LogP contribution is -2.44. The number of halogens is 4. The highest BCUT2D eigenvalue weighted by atomic mass is 19.4. The van der Waals surface area contributed by atoms with E-state index in [4.69, 9.17) is 4.74 Å². The summed E-state index contributed by atoms with van der Waals surface area (Å²) >= 11 is 0. The quantitative estimate of drug-likeness (QED) is 0.402. The Hall–Kier alpha value is -4.16. The maximum Gasteiger partial charge on any atom is 0.417 e. The van der Waals surface area contributed by atoms with Gasteiger partial charge in [0.2, 0.25) is 11.8 Å². The summed E-state index contributed by atoms with van der Waals surface area (Å²) in [7, 11) is 1.71. The Kier molecular flexibility index (Phi) is 7.63. The van der Waals surface area contributed by atoms with Crippen LogP contribution < -0.4 is 20.3 Å². The molecule has 0 spiro atoms. The van der Waals surface area contributed by atoms with E-state index in [9.17, 15) is 22.8 Å². The van der Waals surface area contributed by atoms with Crippen LogP contribution in [0.1, 0.15) is 48.0 Å². The smallest absolute Gasteiger partial charge is 0.417 e. The van der Waals surface area contributed by atoms with Crippen molar-refractivity contribution >= 4 is 28.9 Å². The first-order valence-electron chi connectivity index (χ1n) is 13.0. The van der Waals surface area contributed by atoms with Gasteiger partial charge in [0.15, 0.2) is 0 Å². The van der Waals surface area contributed by atoms with Gasteiger partial charge in [-0.05, 0) is 36.6 Å². The van der Waals surface area contributed by atoms with Gasteiger partial charge in [-0.2, -0.15) is 18.3 Å². The first-order chi connectivity index (χ1) is 19.1. The number of hydrogen-bond acceptors (Lipinski definition) is 6. The summed E-state index contributed by atoms with van der Waals surface area (Å²) in [4.78, 5) is 31.5. The predicted molar refractivity (Wildman–Crippen MR) is 138 cm³/mol. The van der Waals surface area contributed by atoms with Crippen LogP contribution in [0.15, 0.2) is 42.9 Å². The van der Waals surface area contributed by atoms with E-state index in [-0.39, 0.29) is 41.9 Å². The minimum absolute atomic E-state index is 0.0375. The van der Waals surface area contributed by atoms with Gasteiger partial charge in [-0.1, -0.05) is 25.7 Å². The SMILES string of the molecule is Cn1cc(NC(=O)[C@H](CC2CCCC2)NC(=O)c2ccc(F)c(N3CCOc4ncc(C(F)(F)F)cc43)c2)cn1. The van der Waals surface area contributed by atoms with E-state index in [1.165, 1.54) is 27.9 Å². The topological polar surface area (TPSA) is 101 Å². The Morgan fingerprint density at radius 3 is 2.62 bits per heavy atom. The molecule has 212 valence electrons. The van der Waals surface area contributed by atoms with Crippen LogP contribution in [0, 0.1) is 11.7 Å². The van der Waals surface area contributed by atoms with Crippen LogP contribution in [0.5, 0.6) is 5.88 Å². The first-order valence-corrected chi connectivity index (χ1v) is 13.0. The fourth-order valence-electron chi connectivity index (χ4n) is 5.13. The van der Waals surface area contributed by atoms with E-state index in [0.29, 0.717) is 18.3 Å². The number of anilines is 3. The van der Waals surface area contributed by atoms with Crippen molar-refractivity contribution in [2.75, 3.05) is 23.4 Å². The Balaban J connectivity index is 1.40. The van der Waals surface area contributed by atoms with Gasteiger partial charge in [0.1, 0.15) is 24.2 Å². The molecule has 3 aromatic rings. The number of nitrogens with one attached hydrogen (secondary N) is 2. The molecule has 0 radical (unpaired) electrons. The second-order valence-electron chi connectivity index (χ2n) is 10.0. The molecular formula is C27H28F4N6O3. The number of nitrogens with zero attached hydrogens (tertiary/aromatic N) is 4. The molecule has 0 bridgehead atoms. The average molecular weight is 561 g/mol. The summed E-state index contributed by atoms with van der Waals surface area (Å²) < 4.78 is 62.0. The van der Waals surface area contributed by atoms with Crippen LogP contribution in [-0.2, 0) is 18.0 Å². The molecule has 5 rings (SSSR count). The molecule has 2 amide bonds. The number of carbonyl (C=O) groups excluding carboxylic acids is 2. The number of hydrogen-bond donors (Lipinski definition) is 2. The second-order valence-corrected chi connectivity index (χ2v) is 10.0. The van der Waals surface area contributed by atoms with Crippen molar-refractivity contribution < 1.29 is 31.9 Å². The number of alkyl halides is 3. The molecule has 2 N–H and O–H groups in total. The van der Waals surface area contributed by atoms with Gasteiger partial charge in [0, 0.05) is 25.0 Å². The second kappa shape index (κ2) is 11.1. The fraction of sp³-hybridized carbons (Fsp3) is 0.407. The van der Waals surface area contributed by atoms with Gasteiger partial charge in [0.05, 0.1) is 29.7 Å². The van der Waals surface area contributed by atoms with Gasteiger partial charge < -0.3 is 20.3 Å². The molecular weight excluding hydrogens is 532 g/mol. The number of pyridine rings is 1. The average Bonchev–Trinajstić information content (AvgIpc) is 3.58. The van der Waals surface area contributed by atoms with Crippen molar-refractivity contribution in [2.45, 2.75) is 44.3 Å². The largest absolute Gasteiger partial charge is 0.474 e. The van der Waals surface area contributed by atoms with E-state index >= 15 is 4.39 Å². The lowest BCUT2D eigenvalue weighted by molar-refractivity contribution is -0.137. The first kappa shape index (κ1) is 27.4. The van der Waals surface area contributed by atoms with Crippen LogP contribution >= 0.6 is 0 Å². The number of fused-ring (bicyclic) bond motifs is 1. The van der Waals surface area contributed by atoms with Gasteiger partial charge in [-0.3, -0.25) is 14.3 Å². The van der Waals surface area contributed by atoms with Crippen molar-refractivity contribution in [1.82, 2.24) is 20.1 Å². The van der Waals surface area contributed by atoms with E-state index < -0.39 is 35.4 Å². The molecule has 2 aliphatic rings. The number of rotatable bonds is 7. The van der Waals surface area contributed by atoms with E-state index in [0.717, 1.165) is 37.8 Å². The van der Waals surface area contributed by atoms with E-state index in [2.05, 4.69) is 20.7 Å². The zero-order valence-corrected chi connectivity index (χ0v) is 21.7. The maximum absolute atomic E-state index is 15.0. The number of ether oxygens (including phenoxy) is 1. The van der Waals surface area contributed by atoms with E-state index in [1.807, 2.05) is 0 Å². The molecule has 1 aliphatic carbocycles. The van der Waals surface area contributed by atoms with Crippen LogP contribution in [0.25, 0.3) is 0 Å². The van der Waals surface area contributed by atoms with Crippen molar-refractivity contribution in [3.05, 3.63) is 59.8 Å².